The normalized spacial score (nSPS) is 10.9. The molecule has 0 aliphatic heterocycles. The third-order valence-corrected chi connectivity index (χ3v) is 2.54. The predicted molar refractivity (Wildman–Crippen MR) is 64.3 cm³/mol. The molecule has 0 radical (unpaired) electrons. The Morgan fingerprint density at radius 2 is 1.81 bits per heavy atom. The predicted octanol–water partition coefficient (Wildman–Crippen LogP) is 3.47. The van der Waals surface area contributed by atoms with E-state index in [0.29, 0.717) is 18.4 Å². The van der Waals surface area contributed by atoms with Gasteiger partial charge < -0.3 is 0 Å². The number of rotatable bonds is 3. The summed E-state index contributed by atoms with van der Waals surface area (Å²) in [4.78, 5) is 11.6. The highest BCUT2D eigenvalue weighted by molar-refractivity contribution is 5.96. The van der Waals surface area contributed by atoms with E-state index in [-0.39, 0.29) is 11.2 Å². The molecule has 0 heterocycles. The van der Waals surface area contributed by atoms with Crippen LogP contribution in [0.25, 0.3) is 0 Å². The number of carbonyl (C=O) groups is 1. The first-order valence-corrected chi connectivity index (χ1v) is 5.46. The summed E-state index contributed by atoms with van der Waals surface area (Å²) in [6.07, 6.45) is 0.602. The second-order valence-corrected chi connectivity index (χ2v) is 4.91. The van der Waals surface area contributed by atoms with Gasteiger partial charge in [-0.2, -0.15) is 5.26 Å². The lowest BCUT2D eigenvalue weighted by atomic mass is 9.86. The second-order valence-electron chi connectivity index (χ2n) is 4.91. The Labute approximate surface area is 96.9 Å². The zero-order chi connectivity index (χ0) is 12.2. The van der Waals surface area contributed by atoms with Crippen molar-refractivity contribution in [2.75, 3.05) is 0 Å². The molecule has 0 aliphatic carbocycles. The van der Waals surface area contributed by atoms with Crippen LogP contribution in [0, 0.1) is 11.3 Å². The SMILES string of the molecule is CC(C)(C)c1ccc(C(=O)CCC#N)cc1. The molecule has 0 saturated heterocycles. The molecule has 0 amide bonds. The lowest BCUT2D eigenvalue weighted by Gasteiger charge is -2.18. The lowest BCUT2D eigenvalue weighted by Crippen LogP contribution is -2.11. The Morgan fingerprint density at radius 1 is 1.25 bits per heavy atom. The third-order valence-electron chi connectivity index (χ3n) is 2.54. The molecule has 0 aromatic heterocycles. The molecule has 0 saturated carbocycles. The number of nitriles is 1. The zero-order valence-electron chi connectivity index (χ0n) is 10.1. The van der Waals surface area contributed by atoms with Crippen LogP contribution in [0.4, 0.5) is 0 Å². The Bertz CT molecular complexity index is 404. The number of nitrogens with zero attached hydrogens (tertiary/aromatic N) is 1. The van der Waals surface area contributed by atoms with Crippen LogP contribution in [0.1, 0.15) is 49.5 Å². The van der Waals surface area contributed by atoms with Gasteiger partial charge in [0.05, 0.1) is 6.07 Å². The van der Waals surface area contributed by atoms with E-state index in [1.807, 2.05) is 30.3 Å². The van der Waals surface area contributed by atoms with E-state index in [2.05, 4.69) is 20.8 Å². The van der Waals surface area contributed by atoms with E-state index in [4.69, 9.17) is 5.26 Å². The van der Waals surface area contributed by atoms with Crippen LogP contribution in [0.2, 0.25) is 0 Å². The monoisotopic (exact) mass is 215 g/mol. The molecular formula is C14H17NO. The number of carbonyl (C=O) groups excluding carboxylic acids is 1. The molecule has 0 atom stereocenters. The van der Waals surface area contributed by atoms with Gasteiger partial charge in [0, 0.05) is 18.4 Å². The van der Waals surface area contributed by atoms with Crippen LogP contribution in [0.15, 0.2) is 24.3 Å². The molecule has 1 aromatic rings. The van der Waals surface area contributed by atoms with E-state index in [0.717, 1.165) is 0 Å². The van der Waals surface area contributed by atoms with E-state index in [9.17, 15) is 4.79 Å². The molecule has 0 spiro atoms. The minimum atomic E-state index is 0.0435. The minimum Gasteiger partial charge on any atom is -0.294 e. The first-order chi connectivity index (χ1) is 7.45. The van der Waals surface area contributed by atoms with Gasteiger partial charge in [0.25, 0.3) is 0 Å². The van der Waals surface area contributed by atoms with Crippen molar-refractivity contribution in [3.05, 3.63) is 35.4 Å². The lowest BCUT2D eigenvalue weighted by molar-refractivity contribution is 0.0984. The van der Waals surface area contributed by atoms with Gasteiger partial charge >= 0.3 is 0 Å². The molecule has 2 nitrogen and oxygen atoms in total. The first-order valence-electron chi connectivity index (χ1n) is 5.46. The van der Waals surface area contributed by atoms with E-state index < -0.39 is 0 Å². The summed E-state index contributed by atoms with van der Waals surface area (Å²) in [7, 11) is 0. The van der Waals surface area contributed by atoms with Crippen molar-refractivity contribution in [1.29, 1.82) is 5.26 Å². The maximum Gasteiger partial charge on any atom is 0.163 e. The molecule has 1 rings (SSSR count). The van der Waals surface area contributed by atoms with Gasteiger partial charge in [-0.05, 0) is 11.0 Å². The van der Waals surface area contributed by atoms with Crippen molar-refractivity contribution < 1.29 is 4.79 Å². The summed E-state index contributed by atoms with van der Waals surface area (Å²) in [5.74, 6) is 0.0435. The van der Waals surface area contributed by atoms with Crippen molar-refractivity contribution in [2.45, 2.75) is 39.0 Å². The molecule has 0 aliphatic rings. The molecule has 0 bridgehead atoms. The molecule has 0 N–H and O–H groups in total. The average Bonchev–Trinajstić information content (AvgIpc) is 2.25. The fraction of sp³-hybridized carbons (Fsp3) is 0.429. The fourth-order valence-corrected chi connectivity index (χ4v) is 1.47. The van der Waals surface area contributed by atoms with Crippen molar-refractivity contribution >= 4 is 5.78 Å². The standard InChI is InChI=1S/C14H17NO/c1-14(2,3)12-8-6-11(7-9-12)13(16)5-4-10-15/h6-9H,4-5H2,1-3H3. The van der Waals surface area contributed by atoms with Crippen LogP contribution in [0.5, 0.6) is 0 Å². The summed E-state index contributed by atoms with van der Waals surface area (Å²) in [5, 5.41) is 8.41. The Hall–Kier alpha value is -1.62. The van der Waals surface area contributed by atoms with Gasteiger partial charge in [-0.3, -0.25) is 4.79 Å². The molecular weight excluding hydrogens is 198 g/mol. The van der Waals surface area contributed by atoms with E-state index in [1.165, 1.54) is 5.56 Å². The van der Waals surface area contributed by atoms with Crippen LogP contribution in [-0.4, -0.2) is 5.78 Å². The van der Waals surface area contributed by atoms with Gasteiger partial charge in [0.15, 0.2) is 5.78 Å². The second kappa shape index (κ2) is 4.94. The van der Waals surface area contributed by atoms with Crippen molar-refractivity contribution in [3.8, 4) is 6.07 Å². The molecule has 1 aromatic carbocycles. The number of hydrogen-bond acceptors (Lipinski definition) is 2. The number of hydrogen-bond donors (Lipinski definition) is 0. The molecule has 0 unspecified atom stereocenters. The number of Topliss-reactive ketones (excluding diaryl/α,β-unsaturated/α-hetero) is 1. The quantitative estimate of drug-likeness (QED) is 0.724. The third kappa shape index (κ3) is 3.20. The maximum atomic E-state index is 11.6. The van der Waals surface area contributed by atoms with Crippen molar-refractivity contribution in [2.24, 2.45) is 0 Å². The van der Waals surface area contributed by atoms with E-state index >= 15 is 0 Å². The summed E-state index contributed by atoms with van der Waals surface area (Å²) < 4.78 is 0. The number of ketones is 1. The molecule has 84 valence electrons. The molecule has 16 heavy (non-hydrogen) atoms. The van der Waals surface area contributed by atoms with Crippen molar-refractivity contribution in [1.82, 2.24) is 0 Å². The minimum absolute atomic E-state index is 0.0435. The van der Waals surface area contributed by atoms with Crippen LogP contribution < -0.4 is 0 Å². The highest BCUT2D eigenvalue weighted by atomic mass is 16.1. The Kier molecular flexibility index (Phi) is 3.84. The molecule has 2 heteroatoms. The Morgan fingerprint density at radius 3 is 2.25 bits per heavy atom. The summed E-state index contributed by atoms with van der Waals surface area (Å²) in [6, 6.07) is 9.65. The fourth-order valence-electron chi connectivity index (χ4n) is 1.47. The first kappa shape index (κ1) is 12.4. The molecule has 0 fully saturated rings. The number of benzene rings is 1. The van der Waals surface area contributed by atoms with Crippen LogP contribution in [0.3, 0.4) is 0 Å². The Balaban J connectivity index is 2.80. The van der Waals surface area contributed by atoms with Crippen LogP contribution in [-0.2, 0) is 5.41 Å². The van der Waals surface area contributed by atoms with Gasteiger partial charge in [-0.25, -0.2) is 0 Å². The average molecular weight is 215 g/mol. The summed E-state index contributed by atoms with van der Waals surface area (Å²) in [6.45, 7) is 6.42. The van der Waals surface area contributed by atoms with Crippen molar-refractivity contribution in [3.63, 3.8) is 0 Å². The zero-order valence-corrected chi connectivity index (χ0v) is 10.1. The summed E-state index contributed by atoms with van der Waals surface area (Å²) in [5.41, 5.74) is 2.02. The highest BCUT2D eigenvalue weighted by Crippen LogP contribution is 2.22. The highest BCUT2D eigenvalue weighted by Gasteiger charge is 2.13. The van der Waals surface area contributed by atoms with Gasteiger partial charge in [-0.1, -0.05) is 45.0 Å². The van der Waals surface area contributed by atoms with Gasteiger partial charge in [0.2, 0.25) is 0 Å². The van der Waals surface area contributed by atoms with Gasteiger partial charge in [0.1, 0.15) is 0 Å². The van der Waals surface area contributed by atoms with Gasteiger partial charge in [-0.15, -0.1) is 0 Å². The van der Waals surface area contributed by atoms with E-state index in [1.54, 1.807) is 0 Å². The maximum absolute atomic E-state index is 11.6. The topological polar surface area (TPSA) is 40.9 Å². The summed E-state index contributed by atoms with van der Waals surface area (Å²) >= 11 is 0. The largest absolute Gasteiger partial charge is 0.294 e. The van der Waals surface area contributed by atoms with Crippen LogP contribution >= 0.6 is 0 Å². The smallest absolute Gasteiger partial charge is 0.163 e.